The molecule has 2 fully saturated rings. The number of carbonyl (C=O) groups is 2. The normalized spacial score (nSPS) is 26.9. The van der Waals surface area contributed by atoms with Crippen LogP contribution >= 0.6 is 0 Å². The molecule has 0 spiro atoms. The summed E-state index contributed by atoms with van der Waals surface area (Å²) in [6.45, 7) is 0.738. The average Bonchev–Trinajstić information content (AvgIpc) is 3.39. The van der Waals surface area contributed by atoms with Gasteiger partial charge in [0, 0.05) is 42.1 Å². The molecule has 3 aromatic rings. The quantitative estimate of drug-likeness (QED) is 0.543. The van der Waals surface area contributed by atoms with Crippen molar-refractivity contribution in [2.45, 2.75) is 50.2 Å². The van der Waals surface area contributed by atoms with E-state index in [0.29, 0.717) is 5.56 Å². The monoisotopic (exact) mass is 480 g/mol. The molecule has 2 aromatic carbocycles. The van der Waals surface area contributed by atoms with Gasteiger partial charge in [-0.2, -0.15) is 0 Å². The van der Waals surface area contributed by atoms with Crippen LogP contribution in [0.4, 0.5) is 5.69 Å². The molecule has 1 aromatic heterocycles. The van der Waals surface area contributed by atoms with Crippen LogP contribution in [0.2, 0.25) is 0 Å². The lowest BCUT2D eigenvalue weighted by molar-refractivity contribution is -0.138. The maximum absolute atomic E-state index is 14.2. The summed E-state index contributed by atoms with van der Waals surface area (Å²) >= 11 is 0. The van der Waals surface area contributed by atoms with E-state index in [1.165, 1.54) is 11.1 Å². The Morgan fingerprint density at radius 1 is 0.889 bits per heavy atom. The first-order valence-corrected chi connectivity index (χ1v) is 13.1. The summed E-state index contributed by atoms with van der Waals surface area (Å²) in [7, 11) is 0. The molecule has 6 heteroatoms. The number of nitrogens with zero attached hydrogens (tertiary/aromatic N) is 2. The van der Waals surface area contributed by atoms with Gasteiger partial charge in [-0.1, -0.05) is 49.2 Å². The van der Waals surface area contributed by atoms with Gasteiger partial charge in [0.1, 0.15) is 0 Å². The van der Waals surface area contributed by atoms with E-state index in [1.54, 1.807) is 0 Å². The molecule has 184 valence electrons. The molecule has 5 atom stereocenters. The second-order valence-corrected chi connectivity index (χ2v) is 10.3. The molecule has 6 rings (SSSR count). The molecular formula is C30H32N4O2. The SMILES string of the molecule is O=C(N[C@@H]1CCCC[C@@H]1C(=O)N1CCC2C(c3ccncc3)Nc3ccccc3C21)c1ccccc1. The van der Waals surface area contributed by atoms with Gasteiger partial charge in [-0.05, 0) is 60.7 Å². The smallest absolute Gasteiger partial charge is 0.251 e. The molecule has 36 heavy (non-hydrogen) atoms. The van der Waals surface area contributed by atoms with Crippen LogP contribution in [0.5, 0.6) is 0 Å². The van der Waals surface area contributed by atoms with Crippen molar-refractivity contribution in [3.8, 4) is 0 Å². The summed E-state index contributed by atoms with van der Waals surface area (Å²) in [6, 6.07) is 21.9. The molecule has 2 amide bonds. The molecule has 2 aliphatic heterocycles. The minimum atomic E-state index is -0.188. The first kappa shape index (κ1) is 22.8. The van der Waals surface area contributed by atoms with E-state index in [1.807, 2.05) is 48.8 Å². The summed E-state index contributed by atoms with van der Waals surface area (Å²) < 4.78 is 0. The third kappa shape index (κ3) is 4.15. The van der Waals surface area contributed by atoms with Crippen LogP contribution in [0, 0.1) is 11.8 Å². The Morgan fingerprint density at radius 3 is 2.47 bits per heavy atom. The second-order valence-electron chi connectivity index (χ2n) is 10.3. The van der Waals surface area contributed by atoms with Crippen LogP contribution in [-0.4, -0.2) is 34.3 Å². The van der Waals surface area contributed by atoms with Crippen molar-refractivity contribution in [3.63, 3.8) is 0 Å². The largest absolute Gasteiger partial charge is 0.378 e. The Hall–Kier alpha value is -3.67. The Balaban J connectivity index is 1.28. The van der Waals surface area contributed by atoms with Crippen LogP contribution in [-0.2, 0) is 4.79 Å². The predicted octanol–water partition coefficient (Wildman–Crippen LogP) is 5.13. The fourth-order valence-electron chi connectivity index (χ4n) is 6.53. The minimum absolute atomic E-state index is 0.0283. The Morgan fingerprint density at radius 2 is 1.64 bits per heavy atom. The van der Waals surface area contributed by atoms with Gasteiger partial charge in [0.05, 0.1) is 18.0 Å². The van der Waals surface area contributed by atoms with Gasteiger partial charge in [0.25, 0.3) is 5.91 Å². The third-order valence-corrected chi connectivity index (χ3v) is 8.25. The molecule has 3 heterocycles. The Bertz CT molecular complexity index is 1230. The van der Waals surface area contributed by atoms with Gasteiger partial charge in [-0.15, -0.1) is 0 Å². The fourth-order valence-corrected chi connectivity index (χ4v) is 6.53. The van der Waals surface area contributed by atoms with Crippen LogP contribution in [0.3, 0.4) is 0 Å². The number of anilines is 1. The fraction of sp³-hybridized carbons (Fsp3) is 0.367. The first-order valence-electron chi connectivity index (χ1n) is 13.1. The third-order valence-electron chi connectivity index (χ3n) is 8.25. The molecule has 0 radical (unpaired) electrons. The Kier molecular flexibility index (Phi) is 6.18. The zero-order valence-corrected chi connectivity index (χ0v) is 20.3. The van der Waals surface area contributed by atoms with Gasteiger partial charge in [0.15, 0.2) is 0 Å². The second kappa shape index (κ2) is 9.76. The molecule has 0 bridgehead atoms. The zero-order valence-electron chi connectivity index (χ0n) is 20.3. The van der Waals surface area contributed by atoms with Crippen LogP contribution in [0.25, 0.3) is 0 Å². The van der Waals surface area contributed by atoms with Gasteiger partial charge < -0.3 is 15.5 Å². The van der Waals surface area contributed by atoms with Gasteiger partial charge in [-0.25, -0.2) is 0 Å². The van der Waals surface area contributed by atoms with E-state index in [-0.39, 0.29) is 41.8 Å². The number of likely N-dealkylation sites (tertiary alicyclic amines) is 1. The highest BCUT2D eigenvalue weighted by molar-refractivity contribution is 5.94. The molecule has 6 nitrogen and oxygen atoms in total. The van der Waals surface area contributed by atoms with E-state index >= 15 is 0 Å². The molecule has 2 N–H and O–H groups in total. The number of fused-ring (bicyclic) bond motifs is 3. The number of benzene rings is 2. The topological polar surface area (TPSA) is 74.3 Å². The summed E-state index contributed by atoms with van der Waals surface area (Å²) in [5, 5.41) is 6.96. The highest BCUT2D eigenvalue weighted by Crippen LogP contribution is 2.51. The van der Waals surface area contributed by atoms with E-state index < -0.39 is 0 Å². The lowest BCUT2D eigenvalue weighted by Crippen LogP contribution is -2.50. The van der Waals surface area contributed by atoms with E-state index in [9.17, 15) is 9.59 Å². The summed E-state index contributed by atoms with van der Waals surface area (Å²) in [4.78, 5) is 33.4. The predicted molar refractivity (Wildman–Crippen MR) is 139 cm³/mol. The van der Waals surface area contributed by atoms with E-state index in [0.717, 1.165) is 44.3 Å². The number of hydrogen-bond acceptors (Lipinski definition) is 4. The molecule has 3 unspecified atom stereocenters. The average molecular weight is 481 g/mol. The van der Waals surface area contributed by atoms with Crippen molar-refractivity contribution in [3.05, 3.63) is 95.8 Å². The maximum Gasteiger partial charge on any atom is 0.251 e. The van der Waals surface area contributed by atoms with Gasteiger partial charge >= 0.3 is 0 Å². The van der Waals surface area contributed by atoms with Crippen molar-refractivity contribution in [1.29, 1.82) is 0 Å². The number of para-hydroxylation sites is 1. The highest BCUT2D eigenvalue weighted by Gasteiger charge is 2.48. The lowest BCUT2D eigenvalue weighted by Gasteiger charge is -2.42. The van der Waals surface area contributed by atoms with Crippen molar-refractivity contribution < 1.29 is 9.59 Å². The number of pyridine rings is 1. The summed E-state index contributed by atoms with van der Waals surface area (Å²) in [5.74, 6) is 0.189. The molecular weight excluding hydrogens is 448 g/mol. The molecule has 1 saturated carbocycles. The van der Waals surface area contributed by atoms with Gasteiger partial charge in [0.2, 0.25) is 5.91 Å². The standard InChI is InChI=1S/C30H32N4O2/c35-29(21-8-2-1-3-9-21)33-26-13-7-5-11-23(26)30(36)34-19-16-24-27(20-14-17-31-18-15-20)32-25-12-6-4-10-22(25)28(24)34/h1-4,6,8-10,12,14-15,17-18,23-24,26-28,32H,5,7,11,13,16,19H2,(H,33,35)/t23-,24?,26+,27?,28?/m0/s1. The van der Waals surface area contributed by atoms with Crippen molar-refractivity contribution in [2.24, 2.45) is 11.8 Å². The van der Waals surface area contributed by atoms with Crippen LogP contribution < -0.4 is 10.6 Å². The lowest BCUT2D eigenvalue weighted by atomic mass is 9.79. The summed E-state index contributed by atoms with van der Waals surface area (Å²) in [5.41, 5.74) is 4.13. The number of amides is 2. The van der Waals surface area contributed by atoms with Crippen LogP contribution in [0.1, 0.15) is 65.7 Å². The number of carbonyl (C=O) groups excluding carboxylic acids is 2. The summed E-state index contributed by atoms with van der Waals surface area (Å²) in [6.07, 6.45) is 8.34. The molecule has 1 saturated heterocycles. The molecule has 3 aliphatic rings. The van der Waals surface area contributed by atoms with Crippen molar-refractivity contribution >= 4 is 17.5 Å². The number of aromatic nitrogens is 1. The minimum Gasteiger partial charge on any atom is -0.378 e. The maximum atomic E-state index is 14.2. The number of rotatable bonds is 4. The van der Waals surface area contributed by atoms with E-state index in [4.69, 9.17) is 0 Å². The molecule has 1 aliphatic carbocycles. The van der Waals surface area contributed by atoms with Crippen LogP contribution in [0.15, 0.2) is 79.1 Å². The number of hydrogen-bond donors (Lipinski definition) is 2. The zero-order chi connectivity index (χ0) is 24.5. The Labute approximate surface area is 212 Å². The number of nitrogens with one attached hydrogen (secondary N) is 2. The van der Waals surface area contributed by atoms with Crippen molar-refractivity contribution in [1.82, 2.24) is 15.2 Å². The van der Waals surface area contributed by atoms with Gasteiger partial charge in [-0.3, -0.25) is 14.6 Å². The van der Waals surface area contributed by atoms with Crippen molar-refractivity contribution in [2.75, 3.05) is 11.9 Å². The van der Waals surface area contributed by atoms with E-state index in [2.05, 4.69) is 50.8 Å². The first-order chi connectivity index (χ1) is 17.7. The highest BCUT2D eigenvalue weighted by atomic mass is 16.2.